The molecule has 0 fully saturated rings. The zero-order chi connectivity index (χ0) is 14.8. The fourth-order valence-electron chi connectivity index (χ4n) is 1.97. The molecular weight excluding hydrogens is 280 g/mol. The van der Waals surface area contributed by atoms with E-state index in [0.29, 0.717) is 0 Å². The molecule has 0 unspecified atom stereocenters. The Bertz CT molecular complexity index is 736. The number of carboxylic acid groups (broad SMARTS) is 1. The number of benzene rings is 2. The summed E-state index contributed by atoms with van der Waals surface area (Å²) in [5.41, 5.74) is 0. The lowest BCUT2D eigenvalue weighted by Crippen LogP contribution is -2.23. The van der Waals surface area contributed by atoms with Gasteiger partial charge in [0.25, 0.3) is 0 Å². The summed E-state index contributed by atoms with van der Waals surface area (Å²) in [5, 5.41) is 19.7. The van der Waals surface area contributed by atoms with Crippen molar-refractivity contribution in [2.24, 2.45) is 0 Å². The van der Waals surface area contributed by atoms with Crippen LogP contribution < -0.4 is 0 Å². The summed E-state index contributed by atoms with van der Waals surface area (Å²) in [6.45, 7) is 0. The van der Waals surface area contributed by atoms with Gasteiger partial charge in [-0.05, 0) is 22.9 Å². The minimum atomic E-state index is -3.71. The largest absolute Gasteiger partial charge is 0.481 e. The number of aliphatic carboxylic acids is 1. The second kappa shape index (κ2) is 5.60. The van der Waals surface area contributed by atoms with Crippen LogP contribution >= 0.6 is 0 Å². The van der Waals surface area contributed by atoms with E-state index in [9.17, 15) is 18.3 Å². The third kappa shape index (κ3) is 3.34. The molecule has 0 saturated carbocycles. The van der Waals surface area contributed by atoms with Crippen molar-refractivity contribution in [3.8, 4) is 0 Å². The van der Waals surface area contributed by atoms with Crippen LogP contribution in [0.4, 0.5) is 0 Å². The molecule has 0 bridgehead atoms. The highest BCUT2D eigenvalue weighted by Crippen LogP contribution is 2.20. The van der Waals surface area contributed by atoms with Crippen molar-refractivity contribution in [3.63, 3.8) is 0 Å². The average Bonchev–Trinajstić information content (AvgIpc) is 2.36. The Kier molecular flexibility index (Phi) is 4.06. The Balaban J connectivity index is 2.29. The predicted octanol–water partition coefficient (Wildman–Crippen LogP) is 1.45. The van der Waals surface area contributed by atoms with Crippen LogP contribution in [0.15, 0.2) is 47.4 Å². The second-order valence-corrected chi connectivity index (χ2v) is 6.58. The van der Waals surface area contributed by atoms with Crippen molar-refractivity contribution in [2.45, 2.75) is 17.4 Å². The summed E-state index contributed by atoms with van der Waals surface area (Å²) in [6.07, 6.45) is -2.00. The van der Waals surface area contributed by atoms with Gasteiger partial charge in [0.1, 0.15) is 0 Å². The van der Waals surface area contributed by atoms with E-state index in [4.69, 9.17) is 5.11 Å². The first-order valence-corrected chi connectivity index (χ1v) is 7.65. The topological polar surface area (TPSA) is 91.7 Å². The van der Waals surface area contributed by atoms with Crippen LogP contribution in [0.3, 0.4) is 0 Å². The first-order chi connectivity index (χ1) is 9.38. The van der Waals surface area contributed by atoms with Gasteiger partial charge in [0.05, 0.1) is 23.2 Å². The highest BCUT2D eigenvalue weighted by molar-refractivity contribution is 7.91. The molecule has 2 rings (SSSR count). The van der Waals surface area contributed by atoms with Gasteiger partial charge < -0.3 is 10.2 Å². The maximum absolute atomic E-state index is 12.1. The van der Waals surface area contributed by atoms with Crippen LogP contribution in [0, 0.1) is 0 Å². The van der Waals surface area contributed by atoms with Gasteiger partial charge in [-0.15, -0.1) is 0 Å². The molecule has 0 saturated heterocycles. The molecule has 0 aliphatic heterocycles. The molecule has 2 aromatic carbocycles. The summed E-state index contributed by atoms with van der Waals surface area (Å²) in [5.74, 6) is -1.83. The molecule has 0 aliphatic carbocycles. The third-order valence-corrected chi connectivity index (χ3v) is 4.70. The lowest BCUT2D eigenvalue weighted by molar-refractivity contribution is -0.138. The van der Waals surface area contributed by atoms with E-state index in [1.54, 1.807) is 18.2 Å². The number of hydrogen-bond acceptors (Lipinski definition) is 4. The first kappa shape index (κ1) is 14.5. The third-order valence-electron chi connectivity index (χ3n) is 2.90. The normalized spacial score (nSPS) is 13.2. The van der Waals surface area contributed by atoms with Gasteiger partial charge in [-0.1, -0.05) is 30.3 Å². The van der Waals surface area contributed by atoms with Crippen LogP contribution in [-0.4, -0.2) is 36.5 Å². The summed E-state index contributed by atoms with van der Waals surface area (Å²) >= 11 is 0. The summed E-state index contributed by atoms with van der Waals surface area (Å²) in [4.78, 5) is 10.5. The van der Waals surface area contributed by atoms with Gasteiger partial charge in [0.15, 0.2) is 9.84 Å². The van der Waals surface area contributed by atoms with Gasteiger partial charge in [0.2, 0.25) is 0 Å². The number of hydrogen-bond donors (Lipinski definition) is 2. The second-order valence-electron chi connectivity index (χ2n) is 4.54. The molecule has 0 spiro atoms. The Morgan fingerprint density at radius 3 is 2.40 bits per heavy atom. The lowest BCUT2D eigenvalue weighted by Gasteiger charge is -2.09. The number of carboxylic acids is 1. The maximum Gasteiger partial charge on any atom is 0.306 e. The summed E-state index contributed by atoms with van der Waals surface area (Å²) < 4.78 is 24.2. The molecule has 0 heterocycles. The lowest BCUT2D eigenvalue weighted by atomic mass is 10.1. The molecule has 5 nitrogen and oxygen atoms in total. The minimum Gasteiger partial charge on any atom is -0.481 e. The number of fused-ring (bicyclic) bond motifs is 1. The standard InChI is InChI=1S/C14H14O5S/c15-12(8-14(16)17)9-20(18,19)13-6-5-10-3-1-2-4-11(10)7-13/h1-7,12,15H,8-9H2,(H,16,17)/t12-/m0/s1. The van der Waals surface area contributed by atoms with Gasteiger partial charge >= 0.3 is 5.97 Å². The van der Waals surface area contributed by atoms with Crippen molar-refractivity contribution in [1.82, 2.24) is 0 Å². The van der Waals surface area contributed by atoms with E-state index in [1.165, 1.54) is 12.1 Å². The Morgan fingerprint density at radius 1 is 1.10 bits per heavy atom. The average molecular weight is 294 g/mol. The Labute approximate surface area is 116 Å². The zero-order valence-electron chi connectivity index (χ0n) is 10.6. The number of aliphatic hydroxyl groups excluding tert-OH is 1. The molecule has 2 aromatic rings. The SMILES string of the molecule is O=C(O)C[C@H](O)CS(=O)(=O)c1ccc2ccccc2c1. The number of carbonyl (C=O) groups is 1. The highest BCUT2D eigenvalue weighted by atomic mass is 32.2. The van der Waals surface area contributed by atoms with Crippen LogP contribution in [0.25, 0.3) is 10.8 Å². The predicted molar refractivity (Wildman–Crippen MR) is 74.3 cm³/mol. The van der Waals surface area contributed by atoms with Gasteiger partial charge in [0, 0.05) is 0 Å². The quantitative estimate of drug-likeness (QED) is 0.870. The van der Waals surface area contributed by atoms with E-state index in [0.717, 1.165) is 10.8 Å². The van der Waals surface area contributed by atoms with E-state index in [1.807, 2.05) is 12.1 Å². The molecule has 1 atom stereocenters. The smallest absolute Gasteiger partial charge is 0.306 e. The highest BCUT2D eigenvalue weighted by Gasteiger charge is 2.21. The summed E-state index contributed by atoms with van der Waals surface area (Å²) in [6, 6.07) is 12.0. The molecule has 0 aromatic heterocycles. The van der Waals surface area contributed by atoms with E-state index in [-0.39, 0.29) is 4.90 Å². The van der Waals surface area contributed by atoms with E-state index >= 15 is 0 Å². The van der Waals surface area contributed by atoms with Crippen molar-refractivity contribution in [1.29, 1.82) is 0 Å². The number of aliphatic hydroxyl groups is 1. The molecular formula is C14H14O5S. The Morgan fingerprint density at radius 2 is 1.75 bits per heavy atom. The van der Waals surface area contributed by atoms with Crippen molar-refractivity contribution in [2.75, 3.05) is 5.75 Å². The van der Waals surface area contributed by atoms with Gasteiger partial charge in [-0.2, -0.15) is 0 Å². The maximum atomic E-state index is 12.1. The summed E-state index contributed by atoms with van der Waals surface area (Å²) in [7, 11) is -3.71. The fraction of sp³-hybridized carbons (Fsp3) is 0.214. The van der Waals surface area contributed by atoms with Crippen LogP contribution in [0.5, 0.6) is 0 Å². The first-order valence-electron chi connectivity index (χ1n) is 6.00. The molecule has 2 N–H and O–H groups in total. The van der Waals surface area contributed by atoms with E-state index < -0.39 is 34.1 Å². The van der Waals surface area contributed by atoms with Crippen molar-refractivity contribution < 1.29 is 23.4 Å². The van der Waals surface area contributed by atoms with Crippen molar-refractivity contribution in [3.05, 3.63) is 42.5 Å². The monoisotopic (exact) mass is 294 g/mol. The van der Waals surface area contributed by atoms with Crippen LogP contribution in [0.2, 0.25) is 0 Å². The Hall–Kier alpha value is -1.92. The minimum absolute atomic E-state index is 0.0839. The van der Waals surface area contributed by atoms with Crippen molar-refractivity contribution >= 4 is 26.6 Å². The molecule has 6 heteroatoms. The molecule has 0 radical (unpaired) electrons. The molecule has 20 heavy (non-hydrogen) atoms. The fourth-order valence-corrected chi connectivity index (χ4v) is 3.37. The number of sulfone groups is 1. The van der Waals surface area contributed by atoms with Crippen LogP contribution in [-0.2, 0) is 14.6 Å². The van der Waals surface area contributed by atoms with Gasteiger partial charge in [-0.3, -0.25) is 4.79 Å². The zero-order valence-corrected chi connectivity index (χ0v) is 11.4. The molecule has 0 aliphatic rings. The van der Waals surface area contributed by atoms with E-state index in [2.05, 4.69) is 0 Å². The van der Waals surface area contributed by atoms with Crippen LogP contribution in [0.1, 0.15) is 6.42 Å². The molecule has 106 valence electrons. The molecule has 0 amide bonds. The number of rotatable bonds is 5. The van der Waals surface area contributed by atoms with Gasteiger partial charge in [-0.25, -0.2) is 8.42 Å².